The predicted molar refractivity (Wildman–Crippen MR) is 113 cm³/mol. The van der Waals surface area contributed by atoms with E-state index in [9.17, 15) is 9.59 Å². The zero-order valence-electron chi connectivity index (χ0n) is 15.9. The Kier molecular flexibility index (Phi) is 5.50. The fourth-order valence-corrected chi connectivity index (χ4v) is 4.85. The number of rotatable bonds is 5. The zero-order chi connectivity index (χ0) is 19.5. The molecule has 144 valence electrons. The van der Waals surface area contributed by atoms with Crippen LogP contribution in [0, 0.1) is 0 Å². The maximum atomic E-state index is 12.6. The topological polar surface area (TPSA) is 62.3 Å². The van der Waals surface area contributed by atoms with Gasteiger partial charge in [0.15, 0.2) is 5.78 Å². The maximum absolute atomic E-state index is 12.6. The van der Waals surface area contributed by atoms with Gasteiger partial charge in [0.05, 0.1) is 27.5 Å². The Bertz CT molecular complexity index is 981. The normalized spacial score (nSPS) is 17.5. The van der Waals surface area contributed by atoms with Gasteiger partial charge in [-0.3, -0.25) is 14.5 Å². The number of piperidine rings is 1. The van der Waals surface area contributed by atoms with Crippen LogP contribution in [0.25, 0.3) is 10.2 Å². The minimum atomic E-state index is -0.0846. The first-order valence-electron chi connectivity index (χ1n) is 9.58. The molecule has 1 amide bonds. The van der Waals surface area contributed by atoms with Crippen LogP contribution >= 0.6 is 11.3 Å². The molecule has 2 heterocycles. The number of para-hydroxylation sites is 2. The van der Waals surface area contributed by atoms with Gasteiger partial charge in [0.2, 0.25) is 5.91 Å². The van der Waals surface area contributed by atoms with Crippen LogP contribution in [0.1, 0.15) is 41.0 Å². The number of amides is 1. The third kappa shape index (κ3) is 4.13. The van der Waals surface area contributed by atoms with E-state index < -0.39 is 0 Å². The van der Waals surface area contributed by atoms with Gasteiger partial charge in [-0.15, -0.1) is 11.3 Å². The largest absolute Gasteiger partial charge is 0.324 e. The molecule has 3 aromatic rings. The SMILES string of the molecule is CC(=O)c1ccccc1NC(=O)CN1CCC[C@@H](c2nc3ccccc3s2)C1. The molecule has 1 fully saturated rings. The van der Waals surface area contributed by atoms with Gasteiger partial charge >= 0.3 is 0 Å². The number of likely N-dealkylation sites (tertiary alicyclic amines) is 1. The van der Waals surface area contributed by atoms with Gasteiger partial charge in [0, 0.05) is 18.0 Å². The fourth-order valence-electron chi connectivity index (χ4n) is 3.76. The summed E-state index contributed by atoms with van der Waals surface area (Å²) in [5.74, 6) is 0.229. The van der Waals surface area contributed by atoms with Gasteiger partial charge in [-0.2, -0.15) is 0 Å². The molecule has 1 saturated heterocycles. The Hall–Kier alpha value is -2.57. The molecule has 1 aliphatic rings. The highest BCUT2D eigenvalue weighted by atomic mass is 32.1. The second kappa shape index (κ2) is 8.20. The Morgan fingerprint density at radius 3 is 2.79 bits per heavy atom. The van der Waals surface area contributed by atoms with E-state index in [1.807, 2.05) is 18.2 Å². The number of Topliss-reactive ketones (excluding diaryl/α,β-unsaturated/α-hetero) is 1. The van der Waals surface area contributed by atoms with Crippen molar-refractivity contribution < 1.29 is 9.59 Å². The summed E-state index contributed by atoms with van der Waals surface area (Å²) in [7, 11) is 0. The number of hydrogen-bond donors (Lipinski definition) is 1. The highest BCUT2D eigenvalue weighted by Gasteiger charge is 2.25. The molecule has 1 aliphatic heterocycles. The molecule has 5 nitrogen and oxygen atoms in total. The van der Waals surface area contributed by atoms with Crippen molar-refractivity contribution in [2.24, 2.45) is 0 Å². The summed E-state index contributed by atoms with van der Waals surface area (Å²) in [4.78, 5) is 31.3. The molecule has 0 unspecified atom stereocenters. The lowest BCUT2D eigenvalue weighted by Crippen LogP contribution is -2.39. The van der Waals surface area contributed by atoms with Crippen LogP contribution < -0.4 is 5.32 Å². The fraction of sp³-hybridized carbons (Fsp3) is 0.318. The molecule has 4 rings (SSSR count). The van der Waals surface area contributed by atoms with E-state index in [0.717, 1.165) is 36.5 Å². The number of ketones is 1. The van der Waals surface area contributed by atoms with Crippen molar-refractivity contribution in [1.29, 1.82) is 0 Å². The lowest BCUT2D eigenvalue weighted by atomic mass is 9.99. The number of fused-ring (bicyclic) bond motifs is 1. The molecule has 0 radical (unpaired) electrons. The van der Waals surface area contributed by atoms with E-state index in [1.165, 1.54) is 11.6 Å². The molecule has 0 aliphatic carbocycles. The summed E-state index contributed by atoms with van der Waals surface area (Å²) < 4.78 is 1.22. The van der Waals surface area contributed by atoms with Gasteiger partial charge in [-0.1, -0.05) is 24.3 Å². The van der Waals surface area contributed by atoms with Gasteiger partial charge in [-0.25, -0.2) is 4.98 Å². The molecule has 0 bridgehead atoms. The summed E-state index contributed by atoms with van der Waals surface area (Å²) >= 11 is 1.76. The number of nitrogens with zero attached hydrogens (tertiary/aromatic N) is 2. The third-order valence-corrected chi connectivity index (χ3v) is 6.31. The second-order valence-electron chi connectivity index (χ2n) is 7.24. The monoisotopic (exact) mass is 393 g/mol. The number of aromatic nitrogens is 1. The molecule has 6 heteroatoms. The Balaban J connectivity index is 1.41. The van der Waals surface area contributed by atoms with Gasteiger partial charge in [0.1, 0.15) is 0 Å². The average Bonchev–Trinajstić information content (AvgIpc) is 3.13. The zero-order valence-corrected chi connectivity index (χ0v) is 16.7. The van der Waals surface area contributed by atoms with Gasteiger partial charge in [0.25, 0.3) is 0 Å². The summed E-state index contributed by atoms with van der Waals surface area (Å²) in [6, 6.07) is 15.4. The smallest absolute Gasteiger partial charge is 0.238 e. The number of thiazole rings is 1. The van der Waals surface area contributed by atoms with Crippen molar-refractivity contribution in [3.63, 3.8) is 0 Å². The number of anilines is 1. The van der Waals surface area contributed by atoms with Crippen LogP contribution in [0.3, 0.4) is 0 Å². The van der Waals surface area contributed by atoms with Gasteiger partial charge in [-0.05, 0) is 50.6 Å². The number of carbonyl (C=O) groups is 2. The third-order valence-electron chi connectivity index (χ3n) is 5.11. The van der Waals surface area contributed by atoms with Crippen molar-refractivity contribution >= 4 is 38.9 Å². The number of hydrogen-bond acceptors (Lipinski definition) is 5. The minimum Gasteiger partial charge on any atom is -0.324 e. The molecule has 0 saturated carbocycles. The van der Waals surface area contributed by atoms with Gasteiger partial charge < -0.3 is 5.32 Å². The first kappa shape index (κ1) is 18.8. The summed E-state index contributed by atoms with van der Waals surface area (Å²) in [5, 5.41) is 4.06. The van der Waals surface area contributed by atoms with E-state index in [2.05, 4.69) is 22.3 Å². The molecule has 1 N–H and O–H groups in total. The van der Waals surface area contributed by atoms with Crippen LogP contribution in [0.2, 0.25) is 0 Å². The highest BCUT2D eigenvalue weighted by molar-refractivity contribution is 7.18. The average molecular weight is 394 g/mol. The van der Waals surface area contributed by atoms with Crippen molar-refractivity contribution in [3.05, 3.63) is 59.1 Å². The van der Waals surface area contributed by atoms with Crippen molar-refractivity contribution in [2.75, 3.05) is 25.0 Å². The first-order chi connectivity index (χ1) is 13.6. The lowest BCUT2D eigenvalue weighted by molar-refractivity contribution is -0.117. The molecule has 28 heavy (non-hydrogen) atoms. The van der Waals surface area contributed by atoms with Crippen LogP contribution in [0.15, 0.2) is 48.5 Å². The molecular formula is C22H23N3O2S. The Morgan fingerprint density at radius 1 is 1.18 bits per heavy atom. The second-order valence-corrected chi connectivity index (χ2v) is 8.31. The Labute approximate surface area is 168 Å². The Morgan fingerprint density at radius 2 is 1.96 bits per heavy atom. The molecule has 2 aromatic carbocycles. The van der Waals surface area contributed by atoms with Crippen molar-refractivity contribution in [3.8, 4) is 0 Å². The summed E-state index contributed by atoms with van der Waals surface area (Å²) in [5.41, 5.74) is 2.18. The standard InChI is InChI=1S/C22H23N3O2S/c1-15(26)17-8-2-3-9-18(17)23-21(27)14-25-12-6-7-16(13-25)22-24-19-10-4-5-11-20(19)28-22/h2-5,8-11,16H,6-7,12-14H2,1H3,(H,23,27)/t16-/m1/s1. The van der Waals surface area contributed by atoms with Crippen LogP contribution in [0.4, 0.5) is 5.69 Å². The van der Waals surface area contributed by atoms with Crippen LogP contribution in [-0.2, 0) is 4.79 Å². The van der Waals surface area contributed by atoms with E-state index in [4.69, 9.17) is 4.98 Å². The maximum Gasteiger partial charge on any atom is 0.238 e. The van der Waals surface area contributed by atoms with E-state index in [1.54, 1.807) is 29.5 Å². The molecule has 1 atom stereocenters. The number of nitrogens with one attached hydrogen (secondary N) is 1. The van der Waals surface area contributed by atoms with Crippen molar-refractivity contribution in [2.45, 2.75) is 25.7 Å². The first-order valence-corrected chi connectivity index (χ1v) is 10.4. The molecular weight excluding hydrogens is 370 g/mol. The molecule has 1 aromatic heterocycles. The number of benzene rings is 2. The highest BCUT2D eigenvalue weighted by Crippen LogP contribution is 2.32. The number of carbonyl (C=O) groups excluding carboxylic acids is 2. The molecule has 0 spiro atoms. The van der Waals surface area contributed by atoms with Crippen LogP contribution in [0.5, 0.6) is 0 Å². The summed E-state index contributed by atoms with van der Waals surface area (Å²) in [6.45, 7) is 3.58. The van der Waals surface area contributed by atoms with Crippen molar-refractivity contribution in [1.82, 2.24) is 9.88 Å². The summed E-state index contributed by atoms with van der Waals surface area (Å²) in [6.07, 6.45) is 2.16. The van der Waals surface area contributed by atoms with E-state index >= 15 is 0 Å². The van der Waals surface area contributed by atoms with E-state index in [0.29, 0.717) is 23.7 Å². The van der Waals surface area contributed by atoms with E-state index in [-0.39, 0.29) is 11.7 Å². The quantitative estimate of drug-likeness (QED) is 0.656. The minimum absolute atomic E-state index is 0.0511. The lowest BCUT2D eigenvalue weighted by Gasteiger charge is -2.31. The predicted octanol–water partition coefficient (Wildman–Crippen LogP) is 4.32. The van der Waals surface area contributed by atoms with Crippen LogP contribution in [-0.4, -0.2) is 41.2 Å².